The van der Waals surface area contributed by atoms with Gasteiger partial charge in [0.2, 0.25) is 10.4 Å². The molecule has 10 nitrogen and oxygen atoms in total. The van der Waals surface area contributed by atoms with Crippen molar-refractivity contribution in [3.63, 3.8) is 0 Å². The zero-order valence-corrected chi connectivity index (χ0v) is 21.7. The first-order chi connectivity index (χ1) is 14.1. The van der Waals surface area contributed by atoms with Gasteiger partial charge in [-0.1, -0.05) is 0 Å². The van der Waals surface area contributed by atoms with Gasteiger partial charge >= 0.3 is 56.8 Å². The van der Waals surface area contributed by atoms with Crippen LogP contribution in [0.3, 0.4) is 0 Å². The van der Waals surface area contributed by atoms with Crippen molar-refractivity contribution in [2.75, 3.05) is 0 Å². The minimum absolute atomic E-state index is 0. The van der Waals surface area contributed by atoms with Crippen molar-refractivity contribution in [2.24, 2.45) is 17.8 Å². The van der Waals surface area contributed by atoms with Crippen molar-refractivity contribution in [3.8, 4) is 0 Å². The quantitative estimate of drug-likeness (QED) is 0.132. The number of halogens is 4. The fourth-order valence-electron chi connectivity index (χ4n) is 4.80. The molecule has 4 fully saturated rings. The van der Waals surface area contributed by atoms with E-state index in [-0.39, 0.29) is 35.2 Å². The van der Waals surface area contributed by atoms with E-state index in [4.69, 9.17) is 22.1 Å². The normalized spacial score (nSPS) is 29.5. The minimum atomic E-state index is -6.32. The fraction of sp³-hybridized carbons (Fsp3) is 0.938. The smallest absolute Gasteiger partial charge is 0.726 e. The van der Waals surface area contributed by atoms with Crippen LogP contribution in [0.1, 0.15) is 52.4 Å². The first kappa shape index (κ1) is 32.9. The summed E-state index contributed by atoms with van der Waals surface area (Å²) in [4.78, 5) is 10.3. The first-order valence-electron chi connectivity index (χ1n) is 9.38. The molecule has 0 saturated heterocycles. The van der Waals surface area contributed by atoms with Crippen LogP contribution in [0.2, 0.25) is 0 Å². The molecule has 4 aliphatic rings. The van der Waals surface area contributed by atoms with Gasteiger partial charge in [0.25, 0.3) is 0 Å². The van der Waals surface area contributed by atoms with Gasteiger partial charge in [-0.2, -0.15) is 26.0 Å². The summed E-state index contributed by atoms with van der Waals surface area (Å²) in [5.41, 5.74) is -0.200. The molecule has 0 aromatic heterocycles. The summed E-state index contributed by atoms with van der Waals surface area (Å²) < 4.78 is 116. The van der Waals surface area contributed by atoms with Crippen LogP contribution in [-0.4, -0.2) is 64.5 Å². The van der Waals surface area contributed by atoms with Crippen LogP contribution in [0.25, 0.3) is 0 Å². The number of carbonyl (C=O) groups is 1. The third-order valence-corrected chi connectivity index (χ3v) is 6.49. The van der Waals surface area contributed by atoms with E-state index in [2.05, 4.69) is 4.74 Å². The molecule has 0 aromatic carbocycles. The van der Waals surface area contributed by atoms with Gasteiger partial charge in [-0.15, -0.1) is 0 Å². The van der Waals surface area contributed by atoms with Gasteiger partial charge in [0.1, 0.15) is 0 Å². The minimum Gasteiger partial charge on any atom is -0.726 e. The monoisotopic (exact) mass is 540 g/mol. The van der Waals surface area contributed by atoms with Gasteiger partial charge in [-0.05, 0) is 63.2 Å². The molecule has 33 heavy (non-hydrogen) atoms. The molecule has 4 bridgehead atoms. The van der Waals surface area contributed by atoms with Gasteiger partial charge in [0.15, 0.2) is 6.10 Å². The Hall–Kier alpha value is -0.0700. The van der Waals surface area contributed by atoms with Crippen molar-refractivity contribution in [1.82, 2.24) is 0 Å². The Bertz CT molecular complexity index is 852. The Morgan fingerprint density at radius 3 is 1.52 bits per heavy atom. The number of aliphatic hydroxyl groups is 1. The SMILES string of the molecule is CC(=O)OC(C)C(F)(F)C(F)(F)S(=O)(=O)O.O=S(=O)([O-])O.OC12CC3CC(CC(C3)C1)C2.[Na+]. The summed E-state index contributed by atoms with van der Waals surface area (Å²) in [5.74, 6) is -3.85. The predicted octanol–water partition coefficient (Wildman–Crippen LogP) is -0.990. The van der Waals surface area contributed by atoms with Crippen LogP contribution in [0.5, 0.6) is 0 Å². The average Bonchev–Trinajstić information content (AvgIpc) is 2.49. The summed E-state index contributed by atoms with van der Waals surface area (Å²) in [5, 5.41) is 4.36. The maximum absolute atomic E-state index is 12.9. The Morgan fingerprint density at radius 2 is 1.30 bits per heavy atom. The van der Waals surface area contributed by atoms with E-state index < -0.39 is 43.8 Å². The summed E-state index contributed by atoms with van der Waals surface area (Å²) in [6.45, 7) is 1.05. The van der Waals surface area contributed by atoms with E-state index in [0.717, 1.165) is 37.0 Å². The van der Waals surface area contributed by atoms with Crippen molar-refractivity contribution in [3.05, 3.63) is 0 Å². The molecular formula is C16H25F4NaO10S2. The van der Waals surface area contributed by atoms with Crippen LogP contribution < -0.4 is 29.6 Å². The van der Waals surface area contributed by atoms with Crippen molar-refractivity contribution in [2.45, 2.75) is 75.3 Å². The molecule has 3 N–H and O–H groups in total. The topological polar surface area (TPSA) is 178 Å². The molecule has 0 aliphatic heterocycles. The number of hydrogen-bond acceptors (Lipinski definition) is 8. The molecule has 0 aromatic rings. The van der Waals surface area contributed by atoms with Crippen molar-refractivity contribution < 1.29 is 92.3 Å². The fourth-order valence-corrected chi connectivity index (χ4v) is 5.31. The summed E-state index contributed by atoms with van der Waals surface area (Å²) in [6, 6.07) is 0. The van der Waals surface area contributed by atoms with Gasteiger partial charge in [0.05, 0.1) is 5.60 Å². The molecule has 0 radical (unpaired) electrons. The summed E-state index contributed by atoms with van der Waals surface area (Å²) >= 11 is 0. The van der Waals surface area contributed by atoms with E-state index in [1.165, 1.54) is 19.3 Å². The van der Waals surface area contributed by atoms with Crippen molar-refractivity contribution in [1.29, 1.82) is 0 Å². The van der Waals surface area contributed by atoms with Gasteiger partial charge in [-0.3, -0.25) is 13.9 Å². The predicted molar refractivity (Wildman–Crippen MR) is 98.1 cm³/mol. The Labute approximate surface area is 211 Å². The number of hydrogen-bond donors (Lipinski definition) is 3. The van der Waals surface area contributed by atoms with E-state index in [1.54, 1.807) is 0 Å². The Kier molecular flexibility index (Phi) is 11.3. The molecule has 1 atom stereocenters. The van der Waals surface area contributed by atoms with Gasteiger partial charge in [-0.25, -0.2) is 8.42 Å². The maximum atomic E-state index is 12.9. The Balaban J connectivity index is 0.000000517. The number of ether oxygens (including phenoxy) is 1. The second-order valence-electron chi connectivity index (χ2n) is 8.44. The van der Waals surface area contributed by atoms with Crippen LogP contribution in [0, 0.1) is 17.8 Å². The van der Waals surface area contributed by atoms with E-state index in [1.807, 2.05) is 0 Å². The largest absolute Gasteiger partial charge is 1.00 e. The zero-order valence-electron chi connectivity index (χ0n) is 18.1. The van der Waals surface area contributed by atoms with Crippen LogP contribution in [-0.2, 0) is 30.0 Å². The first-order valence-corrected chi connectivity index (χ1v) is 12.2. The van der Waals surface area contributed by atoms with E-state index in [0.29, 0.717) is 13.8 Å². The third-order valence-electron chi connectivity index (χ3n) is 5.57. The number of carbonyl (C=O) groups excluding carboxylic acids is 1. The average molecular weight is 540 g/mol. The molecule has 4 saturated carbocycles. The number of esters is 1. The summed E-state index contributed by atoms with van der Waals surface area (Å²) in [6.07, 6.45) is 4.96. The molecule has 190 valence electrons. The van der Waals surface area contributed by atoms with Crippen LogP contribution >= 0.6 is 0 Å². The molecule has 4 rings (SSSR count). The standard InChI is InChI=1S/C10H16O.C6H8F4O5S.Na.H2O4S/c11-10-4-7-1-8(5-10)3-9(2-7)6-10;1-3(15-4(2)11)5(7,8)6(9,10)16(12,13)14;;1-5(2,3)4/h7-9,11H,1-6H2;3H,1-2H3,(H,12,13,14);;(H2,1,2,3,4)/q;;+1;/p-1. The second-order valence-corrected chi connectivity index (χ2v) is 10.8. The Morgan fingerprint density at radius 1 is 1.00 bits per heavy atom. The third kappa shape index (κ3) is 9.48. The summed E-state index contributed by atoms with van der Waals surface area (Å²) in [7, 11) is -11.2. The van der Waals surface area contributed by atoms with Crippen molar-refractivity contribution >= 4 is 26.5 Å². The van der Waals surface area contributed by atoms with Crippen LogP contribution in [0.4, 0.5) is 17.6 Å². The molecule has 17 heteroatoms. The number of alkyl halides is 4. The van der Waals surface area contributed by atoms with E-state index in [9.17, 15) is 35.9 Å². The molecule has 0 heterocycles. The molecular weight excluding hydrogens is 515 g/mol. The maximum Gasteiger partial charge on any atom is 1.00 e. The van der Waals surface area contributed by atoms with Crippen LogP contribution in [0.15, 0.2) is 0 Å². The second kappa shape index (κ2) is 11.3. The zero-order chi connectivity index (χ0) is 25.3. The molecule has 0 spiro atoms. The number of rotatable bonds is 4. The van der Waals surface area contributed by atoms with E-state index >= 15 is 0 Å². The molecule has 1 unspecified atom stereocenters. The molecule has 4 aliphatic carbocycles. The van der Waals surface area contributed by atoms with Gasteiger partial charge in [0, 0.05) is 6.92 Å². The molecule has 0 amide bonds. The van der Waals surface area contributed by atoms with Gasteiger partial charge < -0.3 is 14.4 Å².